The third-order valence-corrected chi connectivity index (χ3v) is 4.02. The van der Waals surface area contributed by atoms with E-state index < -0.39 is 35.6 Å². The molecule has 1 aromatic carbocycles. The van der Waals surface area contributed by atoms with Gasteiger partial charge in [-0.2, -0.15) is 13.2 Å². The molecule has 2 rings (SSSR count). The van der Waals surface area contributed by atoms with Crippen LogP contribution in [0.2, 0.25) is 0 Å². The number of nitrogens with zero attached hydrogens (tertiary/aromatic N) is 1. The predicted octanol–water partition coefficient (Wildman–Crippen LogP) is 2.69. The number of carbonyl (C=O) groups is 1. The fraction of sp³-hybridized carbons (Fsp3) is 0.588. The van der Waals surface area contributed by atoms with Crippen LogP contribution in [0.1, 0.15) is 37.5 Å². The third kappa shape index (κ3) is 4.64. The summed E-state index contributed by atoms with van der Waals surface area (Å²) in [7, 11) is 0. The molecule has 1 aliphatic heterocycles. The van der Waals surface area contributed by atoms with Crippen molar-refractivity contribution < 1.29 is 27.8 Å². The second-order valence-corrected chi connectivity index (χ2v) is 7.16. The van der Waals surface area contributed by atoms with Crippen molar-refractivity contribution in [3.8, 4) is 0 Å². The van der Waals surface area contributed by atoms with E-state index in [9.17, 15) is 23.1 Å². The number of amides is 1. The average Bonchev–Trinajstić information content (AvgIpc) is 2.49. The highest BCUT2D eigenvalue weighted by atomic mass is 19.4. The first-order valence-corrected chi connectivity index (χ1v) is 7.99. The number of benzene rings is 1. The number of alkyl halides is 3. The number of carbonyl (C=O) groups excluding carboxylic acids is 1. The molecule has 140 valence electrons. The molecular formula is C17H23F3N2O3. The van der Waals surface area contributed by atoms with Gasteiger partial charge in [-0.1, -0.05) is 6.07 Å². The van der Waals surface area contributed by atoms with E-state index >= 15 is 0 Å². The molecule has 1 aromatic rings. The SMILES string of the molecule is CC(C)(C)OC(=O)N1Cc2cc(C(F)(F)F)ccc2C[C@H]1[C@H](O)CN. The molecular weight excluding hydrogens is 337 g/mol. The van der Waals surface area contributed by atoms with E-state index in [-0.39, 0.29) is 19.5 Å². The van der Waals surface area contributed by atoms with E-state index in [1.165, 1.54) is 11.0 Å². The number of nitrogens with two attached hydrogens (primary N) is 1. The summed E-state index contributed by atoms with van der Waals surface area (Å²) in [6.07, 6.45) is -5.93. The fourth-order valence-corrected chi connectivity index (χ4v) is 2.81. The monoisotopic (exact) mass is 360 g/mol. The van der Waals surface area contributed by atoms with Gasteiger partial charge in [0.05, 0.1) is 17.7 Å². The van der Waals surface area contributed by atoms with Crippen LogP contribution in [0, 0.1) is 0 Å². The number of fused-ring (bicyclic) bond motifs is 1. The molecule has 1 aliphatic rings. The Labute approximate surface area is 144 Å². The number of halogens is 3. The van der Waals surface area contributed by atoms with Crippen molar-refractivity contribution in [2.24, 2.45) is 5.73 Å². The van der Waals surface area contributed by atoms with Crippen molar-refractivity contribution in [1.82, 2.24) is 4.90 Å². The van der Waals surface area contributed by atoms with Crippen molar-refractivity contribution in [1.29, 1.82) is 0 Å². The van der Waals surface area contributed by atoms with Gasteiger partial charge in [0.1, 0.15) is 5.60 Å². The van der Waals surface area contributed by atoms with Crippen molar-refractivity contribution in [3.63, 3.8) is 0 Å². The van der Waals surface area contributed by atoms with E-state index in [1.807, 2.05) is 0 Å². The van der Waals surface area contributed by atoms with Crippen LogP contribution >= 0.6 is 0 Å². The number of ether oxygens (including phenoxy) is 1. The summed E-state index contributed by atoms with van der Waals surface area (Å²) >= 11 is 0. The Morgan fingerprint density at radius 3 is 2.52 bits per heavy atom. The molecule has 0 fully saturated rings. The first kappa shape index (κ1) is 19.5. The Kier molecular flexibility index (Phi) is 5.34. The van der Waals surface area contributed by atoms with Crippen LogP contribution < -0.4 is 5.73 Å². The summed E-state index contributed by atoms with van der Waals surface area (Å²) in [6.45, 7) is 4.94. The lowest BCUT2D eigenvalue weighted by Gasteiger charge is -2.39. The lowest BCUT2D eigenvalue weighted by molar-refractivity contribution is -0.137. The molecule has 0 aliphatic carbocycles. The number of hydrogen-bond acceptors (Lipinski definition) is 4. The third-order valence-electron chi connectivity index (χ3n) is 4.02. The van der Waals surface area contributed by atoms with Gasteiger partial charge in [-0.3, -0.25) is 4.90 Å². The van der Waals surface area contributed by atoms with Gasteiger partial charge in [0.2, 0.25) is 0 Å². The lowest BCUT2D eigenvalue weighted by atomic mass is 9.90. The van der Waals surface area contributed by atoms with Gasteiger partial charge in [0.25, 0.3) is 0 Å². The molecule has 0 radical (unpaired) electrons. The Bertz CT molecular complexity index is 641. The smallest absolute Gasteiger partial charge is 0.416 e. The van der Waals surface area contributed by atoms with E-state index in [4.69, 9.17) is 10.5 Å². The Morgan fingerprint density at radius 1 is 1.36 bits per heavy atom. The minimum absolute atomic E-state index is 0.0695. The molecule has 0 aromatic heterocycles. The zero-order chi connectivity index (χ0) is 19.0. The van der Waals surface area contributed by atoms with Gasteiger partial charge in [0.15, 0.2) is 0 Å². The van der Waals surface area contributed by atoms with Gasteiger partial charge in [0, 0.05) is 13.1 Å². The Balaban J connectivity index is 2.36. The molecule has 1 amide bonds. The molecule has 0 saturated carbocycles. The molecule has 2 atom stereocenters. The van der Waals surface area contributed by atoms with Crippen LogP contribution in [-0.4, -0.2) is 40.4 Å². The second kappa shape index (κ2) is 6.84. The highest BCUT2D eigenvalue weighted by Crippen LogP contribution is 2.34. The zero-order valence-electron chi connectivity index (χ0n) is 14.4. The maximum atomic E-state index is 12.9. The maximum absolute atomic E-state index is 12.9. The minimum atomic E-state index is -4.46. The lowest BCUT2D eigenvalue weighted by Crippen LogP contribution is -2.53. The van der Waals surface area contributed by atoms with Crippen LogP contribution in [-0.2, 0) is 23.9 Å². The Hall–Kier alpha value is -1.80. The number of rotatable bonds is 2. The summed E-state index contributed by atoms with van der Waals surface area (Å²) in [4.78, 5) is 13.7. The molecule has 25 heavy (non-hydrogen) atoms. The molecule has 0 spiro atoms. The molecule has 0 bridgehead atoms. The van der Waals surface area contributed by atoms with Crippen LogP contribution in [0.3, 0.4) is 0 Å². The Morgan fingerprint density at radius 2 is 2.00 bits per heavy atom. The van der Waals surface area contributed by atoms with Crippen molar-refractivity contribution in [3.05, 3.63) is 34.9 Å². The maximum Gasteiger partial charge on any atom is 0.416 e. The molecule has 8 heteroatoms. The fourth-order valence-electron chi connectivity index (χ4n) is 2.81. The second-order valence-electron chi connectivity index (χ2n) is 7.16. The van der Waals surface area contributed by atoms with Crippen LogP contribution in [0.15, 0.2) is 18.2 Å². The summed E-state index contributed by atoms with van der Waals surface area (Å²) in [5.74, 6) is 0. The van der Waals surface area contributed by atoms with Crippen molar-refractivity contribution in [2.45, 2.75) is 57.7 Å². The zero-order valence-corrected chi connectivity index (χ0v) is 14.4. The van der Waals surface area contributed by atoms with Gasteiger partial charge in [-0.15, -0.1) is 0 Å². The van der Waals surface area contributed by atoms with Gasteiger partial charge in [-0.05, 0) is 50.5 Å². The average molecular weight is 360 g/mol. The molecule has 5 nitrogen and oxygen atoms in total. The first-order chi connectivity index (χ1) is 11.4. The van der Waals surface area contributed by atoms with Crippen LogP contribution in [0.5, 0.6) is 0 Å². The summed E-state index contributed by atoms with van der Waals surface area (Å²) in [5, 5.41) is 10.2. The molecule has 3 N–H and O–H groups in total. The number of aliphatic hydroxyl groups is 1. The van der Waals surface area contributed by atoms with Crippen LogP contribution in [0.25, 0.3) is 0 Å². The highest BCUT2D eigenvalue weighted by molar-refractivity contribution is 5.69. The van der Waals surface area contributed by atoms with E-state index in [0.717, 1.165) is 12.1 Å². The summed E-state index contributed by atoms with van der Waals surface area (Å²) in [6, 6.07) is 2.79. The summed E-state index contributed by atoms with van der Waals surface area (Å²) in [5.41, 5.74) is 5.03. The largest absolute Gasteiger partial charge is 0.444 e. The van der Waals surface area contributed by atoms with E-state index in [0.29, 0.717) is 11.1 Å². The topological polar surface area (TPSA) is 75.8 Å². The highest BCUT2D eigenvalue weighted by Gasteiger charge is 2.38. The number of aliphatic hydroxyl groups excluding tert-OH is 1. The van der Waals surface area contributed by atoms with Gasteiger partial charge in [-0.25, -0.2) is 4.79 Å². The van der Waals surface area contributed by atoms with Gasteiger partial charge >= 0.3 is 12.3 Å². The molecule has 0 unspecified atom stereocenters. The predicted molar refractivity (Wildman–Crippen MR) is 85.8 cm³/mol. The summed E-state index contributed by atoms with van der Waals surface area (Å²) < 4.78 is 44.1. The van der Waals surface area contributed by atoms with Crippen molar-refractivity contribution in [2.75, 3.05) is 6.54 Å². The van der Waals surface area contributed by atoms with Gasteiger partial charge < -0.3 is 15.6 Å². The molecule has 0 saturated heterocycles. The van der Waals surface area contributed by atoms with Crippen molar-refractivity contribution >= 4 is 6.09 Å². The first-order valence-electron chi connectivity index (χ1n) is 7.99. The van der Waals surface area contributed by atoms with E-state index in [1.54, 1.807) is 20.8 Å². The number of hydrogen-bond donors (Lipinski definition) is 2. The van der Waals surface area contributed by atoms with Crippen LogP contribution in [0.4, 0.5) is 18.0 Å². The standard InChI is InChI=1S/C17H23F3N2O3/c1-16(2,3)25-15(24)22-9-11-6-12(17(18,19)20)5-4-10(11)7-13(22)14(23)8-21/h4-6,13-14,23H,7-9,21H2,1-3H3/t13-,14+/m0/s1. The normalized spacial score (nSPS) is 19.4. The molecule has 1 heterocycles. The quantitative estimate of drug-likeness (QED) is 0.850. The van der Waals surface area contributed by atoms with E-state index in [2.05, 4.69) is 0 Å². The minimum Gasteiger partial charge on any atom is -0.444 e.